The molecule has 3 rings (SSSR count). The number of carbonyl (C=O) groups excluding carboxylic acids is 5. The van der Waals surface area contributed by atoms with Crippen molar-refractivity contribution in [1.29, 1.82) is 0 Å². The molecule has 2 heterocycles. The average molecular weight is 873 g/mol. The van der Waals surface area contributed by atoms with E-state index in [9.17, 15) is 29.1 Å². The number of nitrogens with two attached hydrogens (primary N) is 1. The highest BCUT2D eigenvalue weighted by atomic mass is 32.1. The summed E-state index contributed by atoms with van der Waals surface area (Å²) in [6, 6.07) is 4.14. The molecule has 1 aliphatic heterocycles. The molecular weight excluding hydrogens is 801 g/mol. The largest absolute Gasteiger partial charge is 0.506 e. The second-order valence-electron chi connectivity index (χ2n) is 16.6. The van der Waals surface area contributed by atoms with Crippen LogP contribution in [0.25, 0.3) is 0 Å². The summed E-state index contributed by atoms with van der Waals surface area (Å²) in [5.41, 5.74) is 6.64. The minimum absolute atomic E-state index is 0.00716. The van der Waals surface area contributed by atoms with Crippen LogP contribution in [0.2, 0.25) is 0 Å². The van der Waals surface area contributed by atoms with Gasteiger partial charge in [0.05, 0.1) is 44.6 Å². The molecule has 1 aliphatic rings. The number of nitrogens with zero attached hydrogens (tertiary/aromatic N) is 3. The summed E-state index contributed by atoms with van der Waals surface area (Å²) in [5, 5.41) is 18.4. The van der Waals surface area contributed by atoms with Gasteiger partial charge in [0.25, 0.3) is 5.91 Å². The number of aromatic nitrogens is 1. The van der Waals surface area contributed by atoms with Gasteiger partial charge >= 0.3 is 5.97 Å². The number of esters is 1. The maximum Gasteiger partial charge on any atom is 0.303 e. The third kappa shape index (κ3) is 16.7. The minimum atomic E-state index is -0.815. The lowest BCUT2D eigenvalue weighted by atomic mass is 9.83. The van der Waals surface area contributed by atoms with Crippen LogP contribution in [-0.4, -0.2) is 121 Å². The summed E-state index contributed by atoms with van der Waals surface area (Å²) >= 11 is 1.22. The topological polar surface area (TPSA) is 203 Å². The van der Waals surface area contributed by atoms with Crippen LogP contribution in [0.3, 0.4) is 0 Å². The molecule has 2 aromatic rings. The number of carbonyl (C=O) groups is 5. The van der Waals surface area contributed by atoms with Crippen LogP contribution in [-0.2, 0) is 39.8 Å². The zero-order valence-electron chi connectivity index (χ0n) is 37.7. The van der Waals surface area contributed by atoms with Gasteiger partial charge in [0.1, 0.15) is 16.5 Å². The highest BCUT2D eigenvalue weighted by molar-refractivity contribution is 7.09. The molecule has 5 N–H and O–H groups in total. The van der Waals surface area contributed by atoms with Crippen LogP contribution in [0.15, 0.2) is 23.6 Å². The van der Waals surface area contributed by atoms with Crippen LogP contribution in [0.1, 0.15) is 126 Å². The number of thiazole rings is 1. The average Bonchev–Trinajstić information content (AvgIpc) is 3.72. The first-order chi connectivity index (χ1) is 29.1. The number of nitrogens with one attached hydrogen (secondary N) is 2. The van der Waals surface area contributed by atoms with Gasteiger partial charge in [-0.25, -0.2) is 4.98 Å². The molecule has 61 heavy (non-hydrogen) atoms. The Morgan fingerprint density at radius 3 is 2.43 bits per heavy atom. The molecule has 1 saturated heterocycles. The number of amides is 3. The van der Waals surface area contributed by atoms with Crippen LogP contribution >= 0.6 is 11.3 Å². The van der Waals surface area contributed by atoms with Crippen LogP contribution < -0.4 is 16.4 Å². The number of Topliss-reactive ketones (excluding diaryl/α,β-unsaturated/α-hetero) is 1. The van der Waals surface area contributed by atoms with E-state index in [2.05, 4.69) is 20.5 Å². The third-order valence-corrected chi connectivity index (χ3v) is 12.5. The maximum atomic E-state index is 14.3. The van der Waals surface area contributed by atoms with Crippen molar-refractivity contribution in [2.75, 3.05) is 58.9 Å². The molecule has 0 bridgehead atoms. The Kier molecular flexibility index (Phi) is 22.3. The smallest absolute Gasteiger partial charge is 0.303 e. The van der Waals surface area contributed by atoms with E-state index in [1.165, 1.54) is 24.3 Å². The van der Waals surface area contributed by atoms with Gasteiger partial charge in [0, 0.05) is 56.7 Å². The second-order valence-corrected chi connectivity index (χ2v) is 17.5. The number of ketones is 1. The van der Waals surface area contributed by atoms with E-state index in [0.29, 0.717) is 44.2 Å². The number of likely N-dealkylation sites (N-methyl/N-ethyl adjacent to an activating group) is 1. The van der Waals surface area contributed by atoms with Crippen LogP contribution in [0.4, 0.5) is 5.69 Å². The van der Waals surface area contributed by atoms with E-state index in [4.69, 9.17) is 19.9 Å². The van der Waals surface area contributed by atoms with Crippen molar-refractivity contribution in [2.24, 2.45) is 23.5 Å². The second kappa shape index (κ2) is 26.5. The first-order valence-electron chi connectivity index (χ1n) is 22.0. The lowest BCUT2D eigenvalue weighted by Crippen LogP contribution is -2.48. The van der Waals surface area contributed by atoms with E-state index in [1.54, 1.807) is 29.5 Å². The van der Waals surface area contributed by atoms with Crippen molar-refractivity contribution >= 4 is 46.5 Å². The summed E-state index contributed by atoms with van der Waals surface area (Å²) < 4.78 is 16.5. The van der Waals surface area contributed by atoms with Crippen molar-refractivity contribution in [3.8, 4) is 5.75 Å². The van der Waals surface area contributed by atoms with Gasteiger partial charge in [-0.3, -0.25) is 28.9 Å². The molecule has 1 aromatic heterocycles. The Hall–Kier alpha value is -3.96. The molecule has 1 aromatic carbocycles. The molecule has 0 unspecified atom stereocenters. The van der Waals surface area contributed by atoms with Gasteiger partial charge < -0.3 is 40.6 Å². The highest BCUT2D eigenvalue weighted by Gasteiger charge is 2.37. The Labute approximate surface area is 366 Å². The summed E-state index contributed by atoms with van der Waals surface area (Å²) in [5.74, 6) is -1.79. The van der Waals surface area contributed by atoms with Gasteiger partial charge in [-0.2, -0.15) is 0 Å². The van der Waals surface area contributed by atoms with Gasteiger partial charge in [-0.15, -0.1) is 11.3 Å². The molecule has 0 aliphatic carbocycles. The predicted molar refractivity (Wildman–Crippen MR) is 237 cm³/mol. The first-order valence-corrected chi connectivity index (χ1v) is 22.9. The SMILES string of the molecule is CCC[C@H](Cc1ccc(O)c(NC(=O)CCOCCOCCN)c1)NC(=O)c1csc([C@@H](C[C@H](C(C)C)N(C)C(=O)[C@@H](CC(=O)[C@H]2CCCCN2C)[C@@H](C)CC)OC(C)=O)n1. The normalized spacial score (nSPS) is 16.9. The number of hydrogen-bond donors (Lipinski definition) is 4. The number of likely N-dealkylation sites (tertiary alicyclic amines) is 1. The number of phenolic OH excluding ortho intramolecular Hbond substituents is 1. The monoisotopic (exact) mass is 873 g/mol. The Morgan fingerprint density at radius 2 is 1.79 bits per heavy atom. The number of phenols is 1. The van der Waals surface area contributed by atoms with Gasteiger partial charge in [0.15, 0.2) is 11.9 Å². The van der Waals surface area contributed by atoms with Crippen LogP contribution in [0, 0.1) is 17.8 Å². The zero-order chi connectivity index (χ0) is 45.1. The van der Waals surface area contributed by atoms with Crippen molar-refractivity contribution in [2.45, 2.75) is 130 Å². The zero-order valence-corrected chi connectivity index (χ0v) is 38.5. The maximum absolute atomic E-state index is 14.3. The van der Waals surface area contributed by atoms with E-state index in [-0.39, 0.29) is 96.5 Å². The standard InChI is InChI=1S/C45H72N6O9S/c1-9-13-33(24-32-15-16-39(53)35(25-32)48-42(55)17-20-58-22-23-59-21-18-46)47-43(56)36-28-61-44(49-36)41(60-31(6)52)27-38(29(3)4)51(8)45(57)34(30(5)10-2)26-40(54)37-14-11-12-19-50(37)7/h15-16,25,28-30,33-34,37-38,41,53H,9-14,17-24,26-27,46H2,1-8H3,(H,47,56)(H,48,55)/t30-,33+,34-,37+,38+,41+/m0/s1. The van der Waals surface area contributed by atoms with Crippen molar-refractivity contribution < 1.29 is 43.3 Å². The fourth-order valence-electron chi connectivity index (χ4n) is 7.82. The van der Waals surface area contributed by atoms with E-state index in [1.807, 2.05) is 41.7 Å². The number of aromatic hydroxyl groups is 1. The minimum Gasteiger partial charge on any atom is -0.506 e. The highest BCUT2D eigenvalue weighted by Crippen LogP contribution is 2.33. The molecule has 3 amide bonds. The molecule has 0 saturated carbocycles. The lowest BCUT2D eigenvalue weighted by molar-refractivity contribution is -0.149. The van der Waals surface area contributed by atoms with Crippen molar-refractivity contribution in [3.63, 3.8) is 0 Å². The molecule has 342 valence electrons. The number of rotatable bonds is 27. The summed E-state index contributed by atoms with van der Waals surface area (Å²) in [6.07, 6.45) is 5.23. The summed E-state index contributed by atoms with van der Waals surface area (Å²) in [6.45, 7) is 14.1. The van der Waals surface area contributed by atoms with Gasteiger partial charge in [0.2, 0.25) is 11.8 Å². The number of anilines is 1. The number of ether oxygens (including phenoxy) is 3. The Balaban J connectivity index is 1.71. The number of piperidine rings is 1. The predicted octanol–water partition coefficient (Wildman–Crippen LogP) is 5.89. The molecule has 16 heteroatoms. The van der Waals surface area contributed by atoms with Crippen LogP contribution in [0.5, 0.6) is 5.75 Å². The number of hydrogen-bond acceptors (Lipinski definition) is 13. The van der Waals surface area contributed by atoms with Gasteiger partial charge in [-0.1, -0.05) is 59.9 Å². The quantitative estimate of drug-likeness (QED) is 0.0472. The van der Waals surface area contributed by atoms with E-state index in [0.717, 1.165) is 44.2 Å². The molecule has 0 radical (unpaired) electrons. The first kappa shape index (κ1) is 51.4. The van der Waals surface area contributed by atoms with Gasteiger partial charge in [-0.05, 0) is 68.8 Å². The van der Waals surface area contributed by atoms with E-state index < -0.39 is 18.0 Å². The number of benzene rings is 1. The Bertz CT molecular complexity index is 1710. The fourth-order valence-corrected chi connectivity index (χ4v) is 8.66. The fraction of sp³-hybridized carbons (Fsp3) is 0.689. The molecule has 1 fully saturated rings. The Morgan fingerprint density at radius 1 is 1.07 bits per heavy atom. The molecule has 15 nitrogen and oxygen atoms in total. The van der Waals surface area contributed by atoms with Crippen molar-refractivity contribution in [1.82, 2.24) is 20.1 Å². The molecule has 0 spiro atoms. The molecular formula is C45H72N6O9S. The lowest BCUT2D eigenvalue weighted by Gasteiger charge is -2.37. The summed E-state index contributed by atoms with van der Waals surface area (Å²) in [4.78, 5) is 75.1. The van der Waals surface area contributed by atoms with E-state index >= 15 is 0 Å². The third-order valence-electron chi connectivity index (χ3n) is 11.5. The summed E-state index contributed by atoms with van der Waals surface area (Å²) in [7, 11) is 3.75. The van der Waals surface area contributed by atoms with Crippen molar-refractivity contribution in [3.05, 3.63) is 39.8 Å². The molecule has 6 atom stereocenters.